The van der Waals surface area contributed by atoms with Crippen LogP contribution >= 0.6 is 0 Å². The normalized spacial score (nSPS) is 14.1. The highest BCUT2D eigenvalue weighted by Crippen LogP contribution is 2.14. The molecule has 0 aromatic heterocycles. The van der Waals surface area contributed by atoms with E-state index in [1.165, 1.54) is 5.56 Å². The summed E-state index contributed by atoms with van der Waals surface area (Å²) in [5, 5.41) is 3.03. The van der Waals surface area contributed by atoms with Gasteiger partial charge in [-0.25, -0.2) is 4.79 Å². The first-order valence-electron chi connectivity index (χ1n) is 11.4. The molecule has 3 aromatic rings. The molecule has 0 aliphatic carbocycles. The molecular weight excluding hydrogens is 414 g/mol. The molecule has 6 nitrogen and oxygen atoms in total. The SMILES string of the molecule is O=C(Nc1cccc(COCCOc2ccccc2)c1)N1CCN(Cc2ccccc2)CC1. The number of carbonyl (C=O) groups is 1. The maximum Gasteiger partial charge on any atom is 0.321 e. The number of anilines is 1. The largest absolute Gasteiger partial charge is 0.491 e. The van der Waals surface area contributed by atoms with Crippen molar-refractivity contribution in [3.8, 4) is 5.75 Å². The van der Waals surface area contributed by atoms with Crippen LogP contribution in [0.1, 0.15) is 11.1 Å². The number of hydrogen-bond donors (Lipinski definition) is 1. The van der Waals surface area contributed by atoms with Gasteiger partial charge >= 0.3 is 6.03 Å². The number of nitrogens with one attached hydrogen (secondary N) is 1. The first kappa shape index (κ1) is 22.8. The Morgan fingerprint density at radius 2 is 1.48 bits per heavy atom. The number of carbonyl (C=O) groups excluding carboxylic acids is 1. The Hall–Kier alpha value is -3.35. The van der Waals surface area contributed by atoms with Crippen molar-refractivity contribution >= 4 is 11.7 Å². The van der Waals surface area contributed by atoms with Crippen LogP contribution in [-0.2, 0) is 17.9 Å². The van der Waals surface area contributed by atoms with Gasteiger partial charge in [-0.2, -0.15) is 0 Å². The van der Waals surface area contributed by atoms with E-state index >= 15 is 0 Å². The van der Waals surface area contributed by atoms with E-state index in [1.807, 2.05) is 65.6 Å². The highest BCUT2D eigenvalue weighted by atomic mass is 16.5. The molecule has 1 fully saturated rings. The van der Waals surface area contributed by atoms with Crippen LogP contribution in [0.25, 0.3) is 0 Å². The number of benzene rings is 3. The van der Waals surface area contributed by atoms with Crippen molar-refractivity contribution in [3.63, 3.8) is 0 Å². The van der Waals surface area contributed by atoms with Crippen LogP contribution in [0.3, 0.4) is 0 Å². The number of urea groups is 1. The van der Waals surface area contributed by atoms with E-state index in [-0.39, 0.29) is 6.03 Å². The monoisotopic (exact) mass is 445 g/mol. The van der Waals surface area contributed by atoms with Crippen molar-refractivity contribution in [1.29, 1.82) is 0 Å². The summed E-state index contributed by atoms with van der Waals surface area (Å²) < 4.78 is 11.4. The lowest BCUT2D eigenvalue weighted by Gasteiger charge is -2.34. The maximum absolute atomic E-state index is 12.7. The minimum absolute atomic E-state index is 0.0521. The molecule has 6 heteroatoms. The van der Waals surface area contributed by atoms with Crippen LogP contribution < -0.4 is 10.1 Å². The van der Waals surface area contributed by atoms with Crippen molar-refractivity contribution in [1.82, 2.24) is 9.80 Å². The summed E-state index contributed by atoms with van der Waals surface area (Å²) in [5.41, 5.74) is 3.11. The summed E-state index contributed by atoms with van der Waals surface area (Å²) in [4.78, 5) is 17.0. The highest BCUT2D eigenvalue weighted by molar-refractivity contribution is 5.89. The molecule has 0 saturated carbocycles. The van der Waals surface area contributed by atoms with E-state index in [0.29, 0.717) is 19.8 Å². The van der Waals surface area contributed by atoms with Crippen molar-refractivity contribution in [2.45, 2.75) is 13.2 Å². The van der Waals surface area contributed by atoms with Gasteiger partial charge < -0.3 is 19.7 Å². The smallest absolute Gasteiger partial charge is 0.321 e. The lowest BCUT2D eigenvalue weighted by atomic mass is 10.2. The van der Waals surface area contributed by atoms with E-state index in [4.69, 9.17) is 9.47 Å². The van der Waals surface area contributed by atoms with Gasteiger partial charge in [0, 0.05) is 38.4 Å². The standard InChI is InChI=1S/C27H31N3O3/c31-27(30-16-14-29(15-17-30)21-23-8-3-1-4-9-23)28-25-11-7-10-24(20-25)22-32-18-19-33-26-12-5-2-6-13-26/h1-13,20H,14-19,21-22H2,(H,28,31). The fraction of sp³-hybridized carbons (Fsp3) is 0.296. The minimum Gasteiger partial charge on any atom is -0.491 e. The third-order valence-corrected chi connectivity index (χ3v) is 5.60. The fourth-order valence-electron chi connectivity index (χ4n) is 3.82. The summed E-state index contributed by atoms with van der Waals surface area (Å²) in [6.07, 6.45) is 0. The maximum atomic E-state index is 12.7. The summed E-state index contributed by atoms with van der Waals surface area (Å²) in [5.74, 6) is 0.840. The Morgan fingerprint density at radius 1 is 0.788 bits per heavy atom. The number of piperazine rings is 1. The average Bonchev–Trinajstić information content (AvgIpc) is 2.86. The molecule has 2 amide bonds. The molecule has 0 spiro atoms. The first-order valence-corrected chi connectivity index (χ1v) is 11.4. The van der Waals surface area contributed by atoms with Crippen molar-refractivity contribution in [2.24, 2.45) is 0 Å². The molecule has 1 N–H and O–H groups in total. The molecule has 1 aliphatic rings. The van der Waals surface area contributed by atoms with Crippen LogP contribution in [-0.4, -0.2) is 55.2 Å². The second-order valence-electron chi connectivity index (χ2n) is 8.09. The lowest BCUT2D eigenvalue weighted by molar-refractivity contribution is 0.0889. The van der Waals surface area contributed by atoms with Gasteiger partial charge in [-0.15, -0.1) is 0 Å². The van der Waals surface area contributed by atoms with E-state index < -0.39 is 0 Å². The van der Waals surface area contributed by atoms with Gasteiger partial charge in [-0.3, -0.25) is 4.90 Å². The predicted molar refractivity (Wildman–Crippen MR) is 130 cm³/mol. The summed E-state index contributed by atoms with van der Waals surface area (Å²) in [7, 11) is 0. The molecular formula is C27H31N3O3. The molecule has 1 heterocycles. The van der Waals surface area contributed by atoms with Gasteiger partial charge in [0.25, 0.3) is 0 Å². The number of amides is 2. The quantitative estimate of drug-likeness (QED) is 0.488. The second-order valence-corrected chi connectivity index (χ2v) is 8.09. The van der Waals surface area contributed by atoms with Crippen LogP contribution in [0.15, 0.2) is 84.9 Å². The van der Waals surface area contributed by atoms with E-state index in [0.717, 1.165) is 49.7 Å². The Labute approximate surface area is 195 Å². The Kier molecular flexibility index (Phi) is 8.33. The predicted octanol–water partition coefficient (Wildman–Crippen LogP) is 4.63. The summed E-state index contributed by atoms with van der Waals surface area (Å²) >= 11 is 0. The van der Waals surface area contributed by atoms with Crippen LogP contribution in [0, 0.1) is 0 Å². The Morgan fingerprint density at radius 3 is 2.24 bits per heavy atom. The third kappa shape index (κ3) is 7.34. The number of hydrogen-bond acceptors (Lipinski definition) is 4. The third-order valence-electron chi connectivity index (χ3n) is 5.60. The van der Waals surface area contributed by atoms with E-state index in [9.17, 15) is 4.79 Å². The summed E-state index contributed by atoms with van der Waals surface area (Å²) in [6, 6.07) is 27.9. The van der Waals surface area contributed by atoms with Crippen LogP contribution in [0.4, 0.5) is 10.5 Å². The Bertz CT molecular complexity index is 990. The van der Waals surface area contributed by atoms with Gasteiger partial charge in [0.2, 0.25) is 0 Å². The van der Waals surface area contributed by atoms with Crippen molar-refractivity contribution < 1.29 is 14.3 Å². The highest BCUT2D eigenvalue weighted by Gasteiger charge is 2.21. The molecule has 4 rings (SSSR count). The number of rotatable bonds is 9. The van der Waals surface area contributed by atoms with Crippen molar-refractivity contribution in [3.05, 3.63) is 96.1 Å². The van der Waals surface area contributed by atoms with E-state index in [1.54, 1.807) is 0 Å². The van der Waals surface area contributed by atoms with Gasteiger partial charge in [-0.1, -0.05) is 60.7 Å². The average molecular weight is 446 g/mol. The zero-order valence-electron chi connectivity index (χ0n) is 18.9. The number of para-hydroxylation sites is 1. The number of nitrogens with zero attached hydrogens (tertiary/aromatic N) is 2. The van der Waals surface area contributed by atoms with E-state index in [2.05, 4.69) is 34.5 Å². The summed E-state index contributed by atoms with van der Waals surface area (Å²) in [6.45, 7) is 5.60. The van der Waals surface area contributed by atoms with Gasteiger partial charge in [0.15, 0.2) is 0 Å². The zero-order chi connectivity index (χ0) is 22.7. The molecule has 172 valence electrons. The zero-order valence-corrected chi connectivity index (χ0v) is 18.9. The molecule has 0 bridgehead atoms. The second kappa shape index (κ2) is 12.0. The topological polar surface area (TPSA) is 54.0 Å². The van der Waals surface area contributed by atoms with Crippen molar-refractivity contribution in [2.75, 3.05) is 44.7 Å². The first-order chi connectivity index (χ1) is 16.3. The molecule has 1 aliphatic heterocycles. The van der Waals surface area contributed by atoms with Gasteiger partial charge in [-0.05, 0) is 35.4 Å². The lowest BCUT2D eigenvalue weighted by Crippen LogP contribution is -2.49. The van der Waals surface area contributed by atoms with Gasteiger partial charge in [0.1, 0.15) is 12.4 Å². The molecule has 33 heavy (non-hydrogen) atoms. The Balaban J connectivity index is 1.17. The molecule has 0 unspecified atom stereocenters. The molecule has 1 saturated heterocycles. The van der Waals surface area contributed by atoms with Gasteiger partial charge in [0.05, 0.1) is 13.2 Å². The molecule has 0 radical (unpaired) electrons. The number of ether oxygens (including phenoxy) is 2. The fourth-order valence-corrected chi connectivity index (χ4v) is 3.82. The minimum atomic E-state index is -0.0521. The molecule has 0 atom stereocenters. The molecule has 3 aromatic carbocycles. The van der Waals surface area contributed by atoms with Crippen LogP contribution in [0.5, 0.6) is 5.75 Å². The van der Waals surface area contributed by atoms with Crippen LogP contribution in [0.2, 0.25) is 0 Å².